The maximum absolute atomic E-state index is 13.2. The number of H-pyrrole nitrogens is 1. The summed E-state index contributed by atoms with van der Waals surface area (Å²) in [6.07, 6.45) is 2.23. The van der Waals surface area contributed by atoms with Gasteiger partial charge in [0.05, 0.1) is 0 Å². The fourth-order valence-corrected chi connectivity index (χ4v) is 2.05. The van der Waals surface area contributed by atoms with Crippen LogP contribution >= 0.6 is 0 Å². The van der Waals surface area contributed by atoms with E-state index < -0.39 is 5.92 Å². The zero-order valence-electron chi connectivity index (χ0n) is 7.93. The fourth-order valence-electron chi connectivity index (χ4n) is 2.05. The lowest BCUT2D eigenvalue weighted by Crippen LogP contribution is -2.18. The van der Waals surface area contributed by atoms with Gasteiger partial charge in [0.2, 0.25) is 0 Å². The Morgan fingerprint density at radius 2 is 2.00 bits per heavy atom. The summed E-state index contributed by atoms with van der Waals surface area (Å²) in [5.41, 5.74) is 2.45. The van der Waals surface area contributed by atoms with Crippen LogP contribution in [0.25, 0.3) is 17.0 Å². The van der Waals surface area contributed by atoms with E-state index in [1.807, 2.05) is 24.3 Å². The van der Waals surface area contributed by atoms with E-state index in [4.69, 9.17) is 0 Å². The number of halogens is 2. The Balaban J connectivity index is 2.29. The first kappa shape index (κ1) is 8.65. The molecule has 0 bridgehead atoms. The highest BCUT2D eigenvalue weighted by Crippen LogP contribution is 2.34. The molecule has 1 heterocycles. The van der Waals surface area contributed by atoms with Crippen molar-refractivity contribution in [1.29, 1.82) is 0 Å². The number of rotatable bonds is 0. The molecule has 0 unspecified atom stereocenters. The van der Waals surface area contributed by atoms with E-state index in [0.29, 0.717) is 0 Å². The summed E-state index contributed by atoms with van der Waals surface area (Å²) < 4.78 is 26.4. The van der Waals surface area contributed by atoms with Crippen LogP contribution in [0.4, 0.5) is 8.78 Å². The molecule has 0 saturated heterocycles. The van der Waals surface area contributed by atoms with E-state index in [1.54, 1.807) is 0 Å². The van der Waals surface area contributed by atoms with Gasteiger partial charge >= 0.3 is 0 Å². The van der Waals surface area contributed by atoms with Gasteiger partial charge in [-0.15, -0.1) is 0 Å². The van der Waals surface area contributed by atoms with Crippen LogP contribution in [0, 0.1) is 0 Å². The Kier molecular flexibility index (Phi) is 1.55. The van der Waals surface area contributed by atoms with Crippen LogP contribution in [0.1, 0.15) is 11.3 Å². The quantitative estimate of drug-likeness (QED) is 0.678. The van der Waals surface area contributed by atoms with Crippen molar-refractivity contribution in [3.8, 4) is 0 Å². The van der Waals surface area contributed by atoms with Gasteiger partial charge in [0.25, 0.3) is 5.92 Å². The van der Waals surface area contributed by atoms with E-state index in [2.05, 4.69) is 4.98 Å². The third kappa shape index (κ3) is 1.27. The summed E-state index contributed by atoms with van der Waals surface area (Å²) in [6.45, 7) is 0. The molecule has 0 radical (unpaired) electrons. The van der Waals surface area contributed by atoms with Crippen LogP contribution in [0.15, 0.2) is 30.3 Å². The zero-order chi connectivity index (χ0) is 10.5. The number of aromatic nitrogens is 1. The minimum Gasteiger partial charge on any atom is -0.355 e. The summed E-state index contributed by atoms with van der Waals surface area (Å²) in [5, 5.41) is 0.900. The Bertz CT molecular complexity index is 552. The Labute approximate surface area is 85.4 Å². The lowest BCUT2D eigenvalue weighted by molar-refractivity contribution is 0.0556. The number of hydrogen-bond donors (Lipinski definition) is 1. The molecule has 3 rings (SSSR count). The second kappa shape index (κ2) is 2.69. The van der Waals surface area contributed by atoms with Crippen LogP contribution in [0.5, 0.6) is 0 Å². The third-order valence-corrected chi connectivity index (χ3v) is 2.75. The molecule has 1 aromatic carbocycles. The number of nitrogens with one attached hydrogen (secondary N) is 1. The van der Waals surface area contributed by atoms with Gasteiger partial charge in [0.15, 0.2) is 0 Å². The number of aromatic amines is 1. The molecule has 1 aliphatic carbocycles. The maximum Gasteiger partial charge on any atom is 0.270 e. The van der Waals surface area contributed by atoms with Crippen molar-refractivity contribution in [3.63, 3.8) is 0 Å². The normalized spacial score (nSPS) is 18.0. The van der Waals surface area contributed by atoms with Crippen molar-refractivity contribution in [2.24, 2.45) is 0 Å². The van der Waals surface area contributed by atoms with E-state index in [-0.39, 0.29) is 6.42 Å². The van der Waals surface area contributed by atoms with Crippen LogP contribution in [-0.2, 0) is 6.42 Å². The maximum atomic E-state index is 13.2. The monoisotopic (exact) mass is 205 g/mol. The van der Waals surface area contributed by atoms with Gasteiger partial charge in [-0.3, -0.25) is 0 Å². The molecule has 1 aromatic heterocycles. The van der Waals surface area contributed by atoms with Crippen LogP contribution in [0.2, 0.25) is 0 Å². The zero-order valence-corrected chi connectivity index (χ0v) is 7.93. The van der Waals surface area contributed by atoms with Crippen molar-refractivity contribution < 1.29 is 8.78 Å². The molecular weight excluding hydrogens is 196 g/mol. The minimum absolute atomic E-state index is 0.206. The fraction of sp³-hybridized carbons (Fsp3) is 0.167. The number of alkyl halides is 2. The molecule has 0 saturated carbocycles. The number of fused-ring (bicyclic) bond motifs is 3. The van der Waals surface area contributed by atoms with Gasteiger partial charge in [0.1, 0.15) is 0 Å². The topological polar surface area (TPSA) is 15.8 Å². The van der Waals surface area contributed by atoms with Gasteiger partial charge in [-0.25, -0.2) is 8.78 Å². The second-order valence-corrected chi connectivity index (χ2v) is 3.83. The van der Waals surface area contributed by atoms with Gasteiger partial charge in [0, 0.05) is 23.0 Å². The van der Waals surface area contributed by atoms with Crippen LogP contribution < -0.4 is 0 Å². The summed E-state index contributed by atoms with van der Waals surface area (Å²) in [5.74, 6) is -2.71. The Morgan fingerprint density at radius 3 is 2.87 bits per heavy atom. The molecule has 1 N–H and O–H groups in total. The number of benzene rings is 1. The second-order valence-electron chi connectivity index (χ2n) is 3.83. The number of para-hydroxylation sites is 1. The van der Waals surface area contributed by atoms with Crippen molar-refractivity contribution in [2.45, 2.75) is 12.3 Å². The average molecular weight is 205 g/mol. The molecule has 3 heteroatoms. The molecule has 0 atom stereocenters. The molecule has 0 spiro atoms. The van der Waals surface area contributed by atoms with Gasteiger partial charge in [-0.05, 0) is 23.8 Å². The first-order chi connectivity index (χ1) is 7.16. The molecule has 76 valence electrons. The van der Waals surface area contributed by atoms with E-state index in [1.165, 1.54) is 6.08 Å². The first-order valence-corrected chi connectivity index (χ1v) is 4.82. The summed E-state index contributed by atoms with van der Waals surface area (Å²) in [6, 6.07) is 7.54. The van der Waals surface area contributed by atoms with Crippen molar-refractivity contribution in [1.82, 2.24) is 4.98 Å². The van der Waals surface area contributed by atoms with Crippen molar-refractivity contribution >= 4 is 17.0 Å². The predicted molar refractivity (Wildman–Crippen MR) is 56.0 cm³/mol. The van der Waals surface area contributed by atoms with Gasteiger partial charge in [-0.1, -0.05) is 18.2 Å². The smallest absolute Gasteiger partial charge is 0.270 e. The highest BCUT2D eigenvalue weighted by atomic mass is 19.3. The van der Waals surface area contributed by atoms with Gasteiger partial charge in [-0.2, -0.15) is 0 Å². The standard InChI is InChI=1S/C12H9F2N/c13-12(14)6-5-11-9(7-12)8-3-1-2-4-10(8)15-11/h1-6,15H,7H2. The molecule has 1 nitrogen and oxygen atoms in total. The minimum atomic E-state index is -2.71. The SMILES string of the molecule is FC1(F)C=Cc2[nH]c3ccccc3c2C1. The molecule has 15 heavy (non-hydrogen) atoms. The first-order valence-electron chi connectivity index (χ1n) is 4.82. The summed E-state index contributed by atoms with van der Waals surface area (Å²) in [7, 11) is 0. The lowest BCUT2D eigenvalue weighted by atomic mass is 9.98. The van der Waals surface area contributed by atoms with Crippen molar-refractivity contribution in [3.05, 3.63) is 41.6 Å². The molecule has 0 amide bonds. The molecule has 2 aromatic rings. The summed E-state index contributed by atoms with van der Waals surface area (Å²) >= 11 is 0. The van der Waals surface area contributed by atoms with Crippen LogP contribution in [-0.4, -0.2) is 10.9 Å². The van der Waals surface area contributed by atoms with E-state index >= 15 is 0 Å². The average Bonchev–Trinajstić information content (AvgIpc) is 2.55. The van der Waals surface area contributed by atoms with Crippen LogP contribution in [0.3, 0.4) is 0 Å². The Morgan fingerprint density at radius 1 is 1.20 bits per heavy atom. The summed E-state index contributed by atoms with van der Waals surface area (Å²) in [4.78, 5) is 3.13. The number of allylic oxidation sites excluding steroid dienone is 1. The highest BCUT2D eigenvalue weighted by molar-refractivity contribution is 5.88. The third-order valence-electron chi connectivity index (χ3n) is 2.75. The molecule has 0 aliphatic heterocycles. The largest absolute Gasteiger partial charge is 0.355 e. The van der Waals surface area contributed by atoms with E-state index in [0.717, 1.165) is 28.2 Å². The highest BCUT2D eigenvalue weighted by Gasteiger charge is 2.31. The number of hydrogen-bond acceptors (Lipinski definition) is 0. The molecular formula is C12H9F2N. The van der Waals surface area contributed by atoms with E-state index in [9.17, 15) is 8.78 Å². The lowest BCUT2D eigenvalue weighted by Gasteiger charge is -2.15. The van der Waals surface area contributed by atoms with Gasteiger partial charge < -0.3 is 4.98 Å². The predicted octanol–water partition coefficient (Wildman–Crippen LogP) is 3.37. The van der Waals surface area contributed by atoms with Crippen molar-refractivity contribution in [2.75, 3.05) is 0 Å². The Hall–Kier alpha value is -1.64. The molecule has 0 fully saturated rings. The molecule has 1 aliphatic rings.